The third-order valence-corrected chi connectivity index (χ3v) is 12.1. The fourth-order valence-electron chi connectivity index (χ4n) is 6.68. The van der Waals surface area contributed by atoms with Gasteiger partial charge in [0.25, 0.3) is 0 Å². The van der Waals surface area contributed by atoms with E-state index in [4.69, 9.17) is 9.97 Å². The predicted octanol–water partition coefficient (Wildman–Crippen LogP) is 9.16. The molecule has 7 aromatic carbocycles. The van der Waals surface area contributed by atoms with Crippen LogP contribution in [0.15, 0.2) is 170 Å². The second-order valence-corrected chi connectivity index (χ2v) is 14.6. The highest BCUT2D eigenvalue weighted by molar-refractivity contribution is 7.85. The molecule has 0 N–H and O–H groups in total. The van der Waals surface area contributed by atoms with Crippen molar-refractivity contribution in [2.24, 2.45) is 0 Å². The molecule has 222 valence electrons. The first-order valence-corrected chi connectivity index (χ1v) is 17.4. The largest absolute Gasteiger partial charge is 0.309 e. The van der Waals surface area contributed by atoms with Gasteiger partial charge >= 0.3 is 0 Å². The molecule has 47 heavy (non-hydrogen) atoms. The van der Waals surface area contributed by atoms with Crippen molar-refractivity contribution in [1.29, 1.82) is 0 Å². The van der Waals surface area contributed by atoms with E-state index in [1.807, 2.05) is 103 Å². The fourth-order valence-corrected chi connectivity index (χ4v) is 9.33. The van der Waals surface area contributed by atoms with E-state index in [0.29, 0.717) is 0 Å². The molecule has 4 nitrogen and oxygen atoms in total. The first-order chi connectivity index (χ1) is 23.2. The molecule has 0 saturated carbocycles. The summed E-state index contributed by atoms with van der Waals surface area (Å²) < 4.78 is 17.1. The Bertz CT molecular complexity index is 2600. The van der Waals surface area contributed by atoms with Crippen molar-refractivity contribution in [2.75, 3.05) is 0 Å². The predicted molar refractivity (Wildman–Crippen MR) is 196 cm³/mol. The lowest BCUT2D eigenvalue weighted by atomic mass is 10.00. The van der Waals surface area contributed by atoms with Crippen LogP contribution in [0, 0.1) is 0 Å². The quantitative estimate of drug-likeness (QED) is 0.180. The Hall–Kier alpha value is -5.83. The topological polar surface area (TPSA) is 47.3 Å². The zero-order chi connectivity index (χ0) is 31.4. The van der Waals surface area contributed by atoms with Gasteiger partial charge in [-0.3, -0.25) is 4.40 Å². The lowest BCUT2D eigenvalue weighted by Gasteiger charge is -2.20. The highest BCUT2D eigenvalue weighted by Crippen LogP contribution is 2.43. The molecule has 0 saturated heterocycles. The Kier molecular flexibility index (Phi) is 6.38. The first kappa shape index (κ1) is 27.5. The minimum absolute atomic E-state index is 0.784. The molecular weight excluding hydrogens is 593 g/mol. The third kappa shape index (κ3) is 4.49. The van der Waals surface area contributed by atoms with Crippen molar-refractivity contribution in [1.82, 2.24) is 14.4 Å². The van der Waals surface area contributed by atoms with Gasteiger partial charge in [0, 0.05) is 26.9 Å². The molecule has 0 radical (unpaired) electrons. The second-order valence-electron chi connectivity index (χ2n) is 11.8. The van der Waals surface area contributed by atoms with Gasteiger partial charge in [-0.2, -0.15) is 0 Å². The van der Waals surface area contributed by atoms with E-state index in [0.717, 1.165) is 66.0 Å². The molecule has 0 spiro atoms. The van der Waals surface area contributed by atoms with Crippen LogP contribution in [0.1, 0.15) is 0 Å². The van der Waals surface area contributed by atoms with E-state index >= 15 is 0 Å². The maximum atomic E-state index is 15.0. The van der Waals surface area contributed by atoms with Gasteiger partial charge in [-0.25, -0.2) is 9.97 Å². The number of imidazole rings is 1. The van der Waals surface area contributed by atoms with Crippen LogP contribution < -0.4 is 15.9 Å². The molecule has 2 heterocycles. The van der Waals surface area contributed by atoms with Crippen molar-refractivity contribution < 1.29 is 4.57 Å². The number of benzene rings is 7. The van der Waals surface area contributed by atoms with Crippen molar-refractivity contribution in [3.8, 4) is 22.5 Å². The summed E-state index contributed by atoms with van der Waals surface area (Å²) in [5.41, 5.74) is 6.83. The number of para-hydroxylation sites is 2. The highest BCUT2D eigenvalue weighted by Gasteiger charge is 2.29. The van der Waals surface area contributed by atoms with Gasteiger partial charge < -0.3 is 4.57 Å². The Morgan fingerprint density at radius 2 is 1.02 bits per heavy atom. The van der Waals surface area contributed by atoms with Gasteiger partial charge in [-0.05, 0) is 52.2 Å². The molecule has 2 aromatic heterocycles. The number of hydrogen-bond donors (Lipinski definition) is 0. The van der Waals surface area contributed by atoms with Crippen LogP contribution in [0.25, 0.3) is 60.9 Å². The minimum Gasteiger partial charge on any atom is -0.309 e. The van der Waals surface area contributed by atoms with Crippen molar-refractivity contribution >= 4 is 61.4 Å². The minimum atomic E-state index is -3.09. The molecule has 9 aromatic rings. The smallest absolute Gasteiger partial charge is 0.171 e. The first-order valence-electron chi connectivity index (χ1n) is 15.7. The zero-order valence-corrected chi connectivity index (χ0v) is 26.3. The second kappa shape index (κ2) is 10.9. The van der Waals surface area contributed by atoms with Crippen LogP contribution in [0.4, 0.5) is 0 Å². The standard InChI is InChI=1S/C42H28N3OP/c46-47(34-13-3-1-4-14-34,35-15-5-2-6-16-35)36-24-21-30(22-25-36)41-43-38-26-23-33(32-20-19-29-11-7-8-12-31(29)27-32)28-37(38)42-44-39-17-9-10-18-40(39)45(41)42/h1-28H. The van der Waals surface area contributed by atoms with Gasteiger partial charge in [0.2, 0.25) is 0 Å². The van der Waals surface area contributed by atoms with Gasteiger partial charge in [0.05, 0.1) is 16.6 Å². The van der Waals surface area contributed by atoms with Crippen molar-refractivity contribution in [3.05, 3.63) is 170 Å². The fraction of sp³-hybridized carbons (Fsp3) is 0. The van der Waals surface area contributed by atoms with Crippen LogP contribution >= 0.6 is 7.14 Å². The molecular formula is C42H28N3OP. The lowest BCUT2D eigenvalue weighted by molar-refractivity contribution is 0.592. The van der Waals surface area contributed by atoms with E-state index in [1.165, 1.54) is 10.8 Å². The Labute approximate surface area is 272 Å². The van der Waals surface area contributed by atoms with Gasteiger partial charge in [-0.1, -0.05) is 140 Å². The Balaban J connectivity index is 1.22. The number of rotatable bonds is 5. The number of fused-ring (bicyclic) bond motifs is 6. The van der Waals surface area contributed by atoms with Gasteiger partial charge in [-0.15, -0.1) is 0 Å². The molecule has 0 aliphatic heterocycles. The van der Waals surface area contributed by atoms with Crippen LogP contribution in [0.3, 0.4) is 0 Å². The Morgan fingerprint density at radius 1 is 0.447 bits per heavy atom. The summed E-state index contributed by atoms with van der Waals surface area (Å²) in [7, 11) is -3.09. The van der Waals surface area contributed by atoms with Gasteiger partial charge in [0.15, 0.2) is 7.14 Å². The van der Waals surface area contributed by atoms with Crippen LogP contribution in [-0.2, 0) is 4.57 Å². The highest BCUT2D eigenvalue weighted by atomic mass is 31.2. The molecule has 0 aliphatic carbocycles. The summed E-state index contributed by atoms with van der Waals surface area (Å²) in [5, 5.41) is 5.83. The summed E-state index contributed by atoms with van der Waals surface area (Å²) in [6.07, 6.45) is 0. The molecule has 0 bridgehead atoms. The summed E-state index contributed by atoms with van der Waals surface area (Å²) in [5.74, 6) is 0.792. The summed E-state index contributed by atoms with van der Waals surface area (Å²) in [6.45, 7) is 0. The molecule has 5 heteroatoms. The molecule has 0 unspecified atom stereocenters. The molecule has 0 atom stereocenters. The monoisotopic (exact) mass is 621 g/mol. The van der Waals surface area contributed by atoms with Crippen LogP contribution in [0.2, 0.25) is 0 Å². The van der Waals surface area contributed by atoms with E-state index in [1.54, 1.807) is 0 Å². The average Bonchev–Trinajstić information content (AvgIpc) is 3.55. The van der Waals surface area contributed by atoms with E-state index in [2.05, 4.69) is 71.1 Å². The molecule has 0 fully saturated rings. The number of aromatic nitrogens is 3. The van der Waals surface area contributed by atoms with E-state index in [-0.39, 0.29) is 0 Å². The van der Waals surface area contributed by atoms with Crippen LogP contribution in [-0.4, -0.2) is 14.4 Å². The third-order valence-electron chi connectivity index (χ3n) is 9.05. The summed E-state index contributed by atoms with van der Waals surface area (Å²) >= 11 is 0. The molecule has 0 amide bonds. The SMILES string of the molecule is O=P(c1ccccc1)(c1ccccc1)c1ccc(-c2nc3ccc(-c4ccc5ccccc5c4)cc3c3nc4ccccc4n23)cc1. The van der Waals surface area contributed by atoms with E-state index < -0.39 is 7.14 Å². The van der Waals surface area contributed by atoms with Gasteiger partial charge in [0.1, 0.15) is 11.5 Å². The summed E-state index contributed by atoms with van der Waals surface area (Å²) in [4.78, 5) is 10.4. The van der Waals surface area contributed by atoms with Crippen molar-refractivity contribution in [2.45, 2.75) is 0 Å². The van der Waals surface area contributed by atoms with E-state index in [9.17, 15) is 4.57 Å². The summed E-state index contributed by atoms with van der Waals surface area (Å²) in [6, 6.07) is 57.3. The van der Waals surface area contributed by atoms with Crippen LogP contribution in [0.5, 0.6) is 0 Å². The average molecular weight is 622 g/mol. The number of nitrogens with zero attached hydrogens (tertiary/aromatic N) is 3. The Morgan fingerprint density at radius 3 is 1.77 bits per heavy atom. The lowest BCUT2D eigenvalue weighted by Crippen LogP contribution is -2.24. The van der Waals surface area contributed by atoms with Crippen molar-refractivity contribution in [3.63, 3.8) is 0 Å². The maximum absolute atomic E-state index is 15.0. The normalized spacial score (nSPS) is 11.9. The molecule has 9 rings (SSSR count). The maximum Gasteiger partial charge on any atom is 0.171 e. The molecule has 0 aliphatic rings. The zero-order valence-electron chi connectivity index (χ0n) is 25.4. The number of hydrogen-bond acceptors (Lipinski definition) is 3.